The molecule has 1 aromatic rings. The van der Waals surface area contributed by atoms with Gasteiger partial charge in [-0.25, -0.2) is 13.1 Å². The Balaban J connectivity index is 2.09. The van der Waals surface area contributed by atoms with Gasteiger partial charge >= 0.3 is 6.18 Å². The number of aromatic nitrogens is 1. The Morgan fingerprint density at radius 3 is 2.32 bits per heavy atom. The molecular formula is C16H21F3N2O3S. The van der Waals surface area contributed by atoms with Gasteiger partial charge in [-0.2, -0.15) is 13.2 Å². The molecule has 25 heavy (non-hydrogen) atoms. The van der Waals surface area contributed by atoms with Crippen LogP contribution in [-0.4, -0.2) is 30.0 Å². The van der Waals surface area contributed by atoms with Crippen LogP contribution in [0.15, 0.2) is 18.3 Å². The van der Waals surface area contributed by atoms with Gasteiger partial charge in [-0.1, -0.05) is 12.8 Å². The number of Topliss-reactive ketones (excluding diaryl/α,β-unsaturated/α-hetero) is 1. The maximum Gasteiger partial charge on any atom is 0.417 e. The number of hydrogen-bond donors (Lipinski definition) is 1. The lowest BCUT2D eigenvalue weighted by molar-refractivity contribution is -0.137. The van der Waals surface area contributed by atoms with Crippen LogP contribution in [0.3, 0.4) is 0 Å². The number of hydrogen-bond acceptors (Lipinski definition) is 4. The molecule has 1 fully saturated rings. The summed E-state index contributed by atoms with van der Waals surface area (Å²) in [6.07, 6.45) is -0.858. The van der Waals surface area contributed by atoms with E-state index in [-0.39, 0.29) is 18.2 Å². The van der Waals surface area contributed by atoms with Crippen LogP contribution in [0.2, 0.25) is 0 Å². The van der Waals surface area contributed by atoms with Crippen LogP contribution in [0.25, 0.3) is 0 Å². The summed E-state index contributed by atoms with van der Waals surface area (Å²) in [6, 6.07) is 1.75. The second-order valence-electron chi connectivity index (χ2n) is 6.75. The molecule has 2 rings (SSSR count). The van der Waals surface area contributed by atoms with Crippen LogP contribution in [-0.2, 0) is 27.4 Å². The highest BCUT2D eigenvalue weighted by atomic mass is 32.2. The highest BCUT2D eigenvalue weighted by molar-refractivity contribution is 7.91. The number of nitrogens with one attached hydrogen (secondary N) is 1. The minimum Gasteiger partial charge on any atom is -0.297 e. The van der Waals surface area contributed by atoms with E-state index in [9.17, 15) is 26.4 Å². The van der Waals surface area contributed by atoms with Crippen LogP contribution in [0, 0.1) is 0 Å². The third-order valence-corrected chi connectivity index (χ3v) is 6.73. The summed E-state index contributed by atoms with van der Waals surface area (Å²) >= 11 is 0. The Morgan fingerprint density at radius 2 is 1.84 bits per heavy atom. The molecule has 1 aliphatic carbocycles. The van der Waals surface area contributed by atoms with Gasteiger partial charge in [0.2, 0.25) is 10.0 Å². The maximum atomic E-state index is 12.5. The zero-order chi connectivity index (χ0) is 18.9. The Morgan fingerprint density at radius 1 is 1.24 bits per heavy atom. The molecule has 0 aliphatic heterocycles. The van der Waals surface area contributed by atoms with Crippen molar-refractivity contribution >= 4 is 15.8 Å². The van der Waals surface area contributed by atoms with Crippen LogP contribution < -0.4 is 4.72 Å². The fourth-order valence-electron chi connectivity index (χ4n) is 2.63. The molecule has 9 heteroatoms. The summed E-state index contributed by atoms with van der Waals surface area (Å²) in [5, 5.41) is 0. The summed E-state index contributed by atoms with van der Waals surface area (Å²) in [7, 11) is -3.90. The summed E-state index contributed by atoms with van der Waals surface area (Å²) in [6.45, 7) is 2.60. The van der Waals surface area contributed by atoms with E-state index in [2.05, 4.69) is 9.71 Å². The van der Waals surface area contributed by atoms with E-state index < -0.39 is 32.3 Å². The molecule has 1 N–H and O–H groups in total. The van der Waals surface area contributed by atoms with Crippen molar-refractivity contribution in [3.05, 3.63) is 29.6 Å². The molecule has 140 valence electrons. The Kier molecular flexibility index (Phi) is 5.58. The first-order chi connectivity index (χ1) is 11.4. The fourth-order valence-corrected chi connectivity index (χ4v) is 3.98. The van der Waals surface area contributed by atoms with Gasteiger partial charge in [0.25, 0.3) is 0 Å². The second kappa shape index (κ2) is 7.03. The predicted octanol–water partition coefficient (Wildman–Crippen LogP) is 2.85. The van der Waals surface area contributed by atoms with Gasteiger partial charge < -0.3 is 0 Å². The minimum absolute atomic E-state index is 0.0992. The van der Waals surface area contributed by atoms with Gasteiger partial charge in [0.15, 0.2) is 5.78 Å². The number of carbonyl (C=O) groups excluding carboxylic acids is 1. The SMILES string of the molecule is CC(C)(C(=O)Cc1ccc(C(F)(F)F)cn1)S(=O)(=O)NC1CCCC1. The standard InChI is InChI=1S/C16H21F3N2O3S/c1-15(2,25(23,24)21-12-5-3-4-6-12)14(22)9-13-8-7-11(10-20-13)16(17,18)19/h7-8,10,12,21H,3-6,9H2,1-2H3. The molecule has 0 atom stereocenters. The lowest BCUT2D eigenvalue weighted by Crippen LogP contribution is -2.50. The first kappa shape index (κ1) is 19.8. The van der Waals surface area contributed by atoms with Gasteiger partial charge in [0.1, 0.15) is 4.75 Å². The van der Waals surface area contributed by atoms with E-state index in [1.807, 2.05) is 0 Å². The Labute approximate surface area is 145 Å². The number of ketones is 1. The van der Waals surface area contributed by atoms with Crippen molar-refractivity contribution in [2.45, 2.75) is 62.9 Å². The van der Waals surface area contributed by atoms with E-state index in [1.54, 1.807) is 0 Å². The van der Waals surface area contributed by atoms with Gasteiger partial charge in [-0.15, -0.1) is 0 Å². The van der Waals surface area contributed by atoms with E-state index in [0.717, 1.165) is 37.8 Å². The number of alkyl halides is 3. The molecule has 0 amide bonds. The van der Waals surface area contributed by atoms with Gasteiger partial charge in [0.05, 0.1) is 12.0 Å². The molecule has 1 aliphatic rings. The van der Waals surface area contributed by atoms with Crippen molar-refractivity contribution in [3.8, 4) is 0 Å². The molecule has 0 bridgehead atoms. The van der Waals surface area contributed by atoms with Crippen LogP contribution in [0.5, 0.6) is 0 Å². The lowest BCUT2D eigenvalue weighted by Gasteiger charge is -2.25. The van der Waals surface area contributed by atoms with Crippen LogP contribution in [0.4, 0.5) is 13.2 Å². The Bertz CT molecular complexity index is 722. The molecular weight excluding hydrogens is 357 g/mol. The smallest absolute Gasteiger partial charge is 0.297 e. The van der Waals surface area contributed by atoms with E-state index >= 15 is 0 Å². The minimum atomic E-state index is -4.51. The molecule has 1 saturated carbocycles. The van der Waals surface area contributed by atoms with Gasteiger partial charge in [-0.3, -0.25) is 9.78 Å². The van der Waals surface area contributed by atoms with E-state index in [0.29, 0.717) is 6.20 Å². The van der Waals surface area contributed by atoms with Crippen molar-refractivity contribution in [1.29, 1.82) is 0 Å². The molecule has 5 nitrogen and oxygen atoms in total. The first-order valence-corrected chi connectivity index (χ1v) is 9.49. The van der Waals surface area contributed by atoms with Crippen LogP contribution >= 0.6 is 0 Å². The van der Waals surface area contributed by atoms with Crippen molar-refractivity contribution in [1.82, 2.24) is 9.71 Å². The molecule has 1 heterocycles. The number of carbonyl (C=O) groups is 1. The average molecular weight is 378 g/mol. The third-order valence-electron chi connectivity index (χ3n) is 4.51. The maximum absolute atomic E-state index is 12.5. The number of rotatable bonds is 6. The van der Waals surface area contributed by atoms with Crippen molar-refractivity contribution in [2.24, 2.45) is 0 Å². The number of halogens is 3. The largest absolute Gasteiger partial charge is 0.417 e. The molecule has 0 spiro atoms. The summed E-state index contributed by atoms with van der Waals surface area (Å²) in [5.41, 5.74) is -0.819. The Hall–Kier alpha value is -1.48. The van der Waals surface area contributed by atoms with Crippen molar-refractivity contribution in [3.63, 3.8) is 0 Å². The normalized spacial score (nSPS) is 17.0. The first-order valence-electron chi connectivity index (χ1n) is 8.01. The third kappa shape index (κ3) is 4.58. The highest BCUT2D eigenvalue weighted by Gasteiger charge is 2.42. The molecule has 0 radical (unpaired) electrons. The summed E-state index contributed by atoms with van der Waals surface area (Å²) < 4.78 is 63.5. The quantitative estimate of drug-likeness (QED) is 0.826. The summed E-state index contributed by atoms with van der Waals surface area (Å²) in [5.74, 6) is -0.620. The zero-order valence-corrected chi connectivity index (χ0v) is 14.9. The molecule has 0 aromatic carbocycles. The van der Waals surface area contributed by atoms with Gasteiger partial charge in [0, 0.05) is 17.9 Å². The molecule has 0 saturated heterocycles. The molecule has 0 unspecified atom stereocenters. The number of pyridine rings is 1. The van der Waals surface area contributed by atoms with Crippen LogP contribution in [0.1, 0.15) is 50.8 Å². The topological polar surface area (TPSA) is 76.1 Å². The van der Waals surface area contributed by atoms with E-state index in [1.165, 1.54) is 13.8 Å². The number of sulfonamides is 1. The molecule has 1 aromatic heterocycles. The van der Waals surface area contributed by atoms with Crippen molar-refractivity contribution in [2.75, 3.05) is 0 Å². The summed E-state index contributed by atoms with van der Waals surface area (Å²) in [4.78, 5) is 16.1. The average Bonchev–Trinajstić information content (AvgIpc) is 2.98. The van der Waals surface area contributed by atoms with Crippen molar-refractivity contribution < 1.29 is 26.4 Å². The number of nitrogens with zero attached hydrogens (tertiary/aromatic N) is 1. The highest BCUT2D eigenvalue weighted by Crippen LogP contribution is 2.29. The second-order valence-corrected chi connectivity index (χ2v) is 9.01. The lowest BCUT2D eigenvalue weighted by atomic mass is 10.0. The predicted molar refractivity (Wildman–Crippen MR) is 86.3 cm³/mol. The fraction of sp³-hybridized carbons (Fsp3) is 0.625. The van der Waals surface area contributed by atoms with Gasteiger partial charge in [-0.05, 0) is 38.8 Å². The van der Waals surface area contributed by atoms with E-state index in [4.69, 9.17) is 0 Å². The zero-order valence-electron chi connectivity index (χ0n) is 14.1. The monoisotopic (exact) mass is 378 g/mol.